The summed E-state index contributed by atoms with van der Waals surface area (Å²) in [6.45, 7) is 10.2. The van der Waals surface area contributed by atoms with Crippen LogP contribution in [-0.4, -0.2) is 49.3 Å². The standard InChI is InChI=1S/C19H30ClN3O2/c1-19(2,3)22-18(24)21-10-12-23-11-6-7-15(13-23)14-25-17-9-5-4-8-16(17)20/h4-5,8-9,15H,6-7,10-14H2,1-3H3,(H2,21,22,24). The number of carbonyl (C=O) groups excluding carboxylic acids is 1. The monoisotopic (exact) mass is 367 g/mol. The van der Waals surface area contributed by atoms with Crippen LogP contribution in [0.3, 0.4) is 0 Å². The summed E-state index contributed by atoms with van der Waals surface area (Å²) in [7, 11) is 0. The average molecular weight is 368 g/mol. The van der Waals surface area contributed by atoms with Gasteiger partial charge in [0.2, 0.25) is 0 Å². The van der Waals surface area contributed by atoms with Crippen molar-refractivity contribution in [1.82, 2.24) is 15.5 Å². The quantitative estimate of drug-likeness (QED) is 0.808. The molecule has 0 aromatic heterocycles. The number of amides is 2. The van der Waals surface area contributed by atoms with Crippen LogP contribution in [-0.2, 0) is 0 Å². The van der Waals surface area contributed by atoms with Gasteiger partial charge in [-0.15, -0.1) is 0 Å². The second kappa shape index (κ2) is 9.30. The summed E-state index contributed by atoms with van der Waals surface area (Å²) < 4.78 is 5.88. The smallest absolute Gasteiger partial charge is 0.315 e. The molecule has 140 valence electrons. The number of ether oxygens (including phenoxy) is 1. The lowest BCUT2D eigenvalue weighted by molar-refractivity contribution is 0.131. The Morgan fingerprint density at radius 2 is 2.12 bits per heavy atom. The molecular formula is C19H30ClN3O2. The fourth-order valence-electron chi connectivity index (χ4n) is 2.97. The minimum atomic E-state index is -0.212. The highest BCUT2D eigenvalue weighted by Gasteiger charge is 2.21. The molecule has 0 spiro atoms. The van der Waals surface area contributed by atoms with Crippen LogP contribution in [0.15, 0.2) is 24.3 Å². The summed E-state index contributed by atoms with van der Waals surface area (Å²) in [4.78, 5) is 14.2. The Morgan fingerprint density at radius 3 is 2.84 bits per heavy atom. The van der Waals surface area contributed by atoms with Crippen molar-refractivity contribution in [3.63, 3.8) is 0 Å². The first-order valence-electron chi connectivity index (χ1n) is 8.99. The summed E-state index contributed by atoms with van der Waals surface area (Å²) >= 11 is 6.13. The maximum Gasteiger partial charge on any atom is 0.315 e. The van der Waals surface area contributed by atoms with Gasteiger partial charge < -0.3 is 20.3 Å². The van der Waals surface area contributed by atoms with Gasteiger partial charge in [0.05, 0.1) is 11.6 Å². The van der Waals surface area contributed by atoms with Gasteiger partial charge in [-0.05, 0) is 52.3 Å². The number of nitrogens with one attached hydrogen (secondary N) is 2. The van der Waals surface area contributed by atoms with Crippen molar-refractivity contribution >= 4 is 17.6 Å². The summed E-state index contributed by atoms with van der Waals surface area (Å²) in [6, 6.07) is 7.48. The Bertz CT molecular complexity index is 560. The first kappa shape index (κ1) is 19.9. The lowest BCUT2D eigenvalue weighted by Gasteiger charge is -2.32. The van der Waals surface area contributed by atoms with Gasteiger partial charge in [-0.2, -0.15) is 0 Å². The van der Waals surface area contributed by atoms with Crippen LogP contribution in [0.4, 0.5) is 4.79 Å². The highest BCUT2D eigenvalue weighted by Crippen LogP contribution is 2.25. The predicted octanol–water partition coefficient (Wildman–Crippen LogP) is 3.53. The number of rotatable bonds is 6. The van der Waals surface area contributed by atoms with E-state index < -0.39 is 0 Å². The summed E-state index contributed by atoms with van der Waals surface area (Å²) in [5, 5.41) is 6.49. The summed E-state index contributed by atoms with van der Waals surface area (Å²) in [5.74, 6) is 1.25. The number of halogens is 1. The van der Waals surface area contributed by atoms with Crippen molar-refractivity contribution in [2.75, 3.05) is 32.8 Å². The topological polar surface area (TPSA) is 53.6 Å². The summed E-state index contributed by atoms with van der Waals surface area (Å²) in [5.41, 5.74) is -0.212. The fourth-order valence-corrected chi connectivity index (χ4v) is 3.16. The van der Waals surface area contributed by atoms with Crippen LogP contribution in [0.2, 0.25) is 5.02 Å². The van der Waals surface area contributed by atoms with Crippen LogP contribution in [0.1, 0.15) is 33.6 Å². The molecule has 2 amide bonds. The van der Waals surface area contributed by atoms with E-state index in [4.69, 9.17) is 16.3 Å². The van der Waals surface area contributed by atoms with Crippen molar-refractivity contribution in [2.45, 2.75) is 39.2 Å². The molecule has 1 saturated heterocycles. The van der Waals surface area contributed by atoms with Gasteiger partial charge in [-0.3, -0.25) is 0 Å². The number of piperidine rings is 1. The first-order valence-corrected chi connectivity index (χ1v) is 9.37. The molecule has 1 fully saturated rings. The molecule has 1 atom stereocenters. The Hall–Kier alpha value is -1.46. The molecular weight excluding hydrogens is 338 g/mol. The van der Waals surface area contributed by atoms with E-state index in [-0.39, 0.29) is 11.6 Å². The molecule has 1 aromatic carbocycles. The maximum absolute atomic E-state index is 11.8. The molecule has 1 aliphatic heterocycles. The minimum Gasteiger partial charge on any atom is -0.492 e. The van der Waals surface area contributed by atoms with Crippen molar-refractivity contribution < 1.29 is 9.53 Å². The first-order chi connectivity index (χ1) is 11.8. The molecule has 0 saturated carbocycles. The normalized spacial score (nSPS) is 18.6. The largest absolute Gasteiger partial charge is 0.492 e. The van der Waals surface area contributed by atoms with Crippen molar-refractivity contribution in [1.29, 1.82) is 0 Å². The zero-order valence-electron chi connectivity index (χ0n) is 15.5. The molecule has 0 aliphatic carbocycles. The van der Waals surface area contributed by atoms with Crippen LogP contribution in [0.25, 0.3) is 0 Å². The van der Waals surface area contributed by atoms with Gasteiger partial charge in [0.15, 0.2) is 0 Å². The lowest BCUT2D eigenvalue weighted by atomic mass is 9.99. The van der Waals surface area contributed by atoms with Gasteiger partial charge in [0.1, 0.15) is 5.75 Å². The van der Waals surface area contributed by atoms with E-state index >= 15 is 0 Å². The van der Waals surface area contributed by atoms with E-state index in [1.54, 1.807) is 0 Å². The van der Waals surface area contributed by atoms with Gasteiger partial charge in [0.25, 0.3) is 0 Å². The molecule has 2 N–H and O–H groups in total. The Balaban J connectivity index is 1.68. The van der Waals surface area contributed by atoms with Crippen molar-refractivity contribution in [3.05, 3.63) is 29.3 Å². The Kier molecular flexibility index (Phi) is 7.38. The van der Waals surface area contributed by atoms with Gasteiger partial charge in [-0.1, -0.05) is 23.7 Å². The molecule has 25 heavy (non-hydrogen) atoms. The highest BCUT2D eigenvalue weighted by molar-refractivity contribution is 6.32. The summed E-state index contributed by atoms with van der Waals surface area (Å²) in [6.07, 6.45) is 2.32. The molecule has 1 unspecified atom stereocenters. The molecule has 0 bridgehead atoms. The highest BCUT2D eigenvalue weighted by atomic mass is 35.5. The van der Waals surface area contributed by atoms with Gasteiger partial charge >= 0.3 is 6.03 Å². The Morgan fingerprint density at radius 1 is 1.36 bits per heavy atom. The van der Waals surface area contributed by atoms with E-state index in [0.717, 1.165) is 31.8 Å². The van der Waals surface area contributed by atoms with Gasteiger partial charge in [-0.25, -0.2) is 4.79 Å². The zero-order valence-corrected chi connectivity index (χ0v) is 16.2. The van der Waals surface area contributed by atoms with E-state index in [2.05, 4.69) is 15.5 Å². The van der Waals surface area contributed by atoms with Crippen LogP contribution >= 0.6 is 11.6 Å². The molecule has 1 aliphatic rings. The molecule has 0 radical (unpaired) electrons. The van der Waals surface area contributed by atoms with Crippen molar-refractivity contribution in [2.24, 2.45) is 5.92 Å². The number of likely N-dealkylation sites (tertiary alicyclic amines) is 1. The number of hydrogen-bond acceptors (Lipinski definition) is 3. The van der Waals surface area contributed by atoms with Crippen molar-refractivity contribution in [3.8, 4) is 5.75 Å². The zero-order chi connectivity index (χ0) is 18.3. The molecule has 6 heteroatoms. The van der Waals surface area contributed by atoms with Crippen LogP contribution in [0.5, 0.6) is 5.75 Å². The van der Waals surface area contributed by atoms with E-state index in [1.165, 1.54) is 6.42 Å². The average Bonchev–Trinajstić information content (AvgIpc) is 2.53. The number of urea groups is 1. The molecule has 1 aromatic rings. The van der Waals surface area contributed by atoms with E-state index in [9.17, 15) is 4.79 Å². The predicted molar refractivity (Wildman–Crippen MR) is 102 cm³/mol. The second-order valence-electron chi connectivity index (χ2n) is 7.68. The molecule has 2 rings (SSSR count). The van der Waals surface area contributed by atoms with Crippen LogP contribution in [0, 0.1) is 5.92 Å². The third kappa shape index (κ3) is 7.53. The lowest BCUT2D eigenvalue weighted by Crippen LogP contribution is -2.48. The van der Waals surface area contributed by atoms with Gasteiger partial charge in [0, 0.05) is 31.1 Å². The molecule has 1 heterocycles. The number of nitrogens with zero attached hydrogens (tertiary/aromatic N) is 1. The van der Waals surface area contributed by atoms with E-state index in [1.807, 2.05) is 45.0 Å². The number of carbonyl (C=O) groups is 1. The SMILES string of the molecule is CC(C)(C)NC(=O)NCCN1CCCC(COc2ccccc2Cl)C1. The third-order valence-electron chi connectivity index (χ3n) is 4.12. The number of hydrogen-bond donors (Lipinski definition) is 2. The second-order valence-corrected chi connectivity index (χ2v) is 8.09. The molecule has 5 nitrogen and oxygen atoms in total. The fraction of sp³-hybridized carbons (Fsp3) is 0.632. The number of para-hydroxylation sites is 1. The maximum atomic E-state index is 11.8. The van der Waals surface area contributed by atoms with Crippen LogP contribution < -0.4 is 15.4 Å². The Labute approximate surface area is 156 Å². The minimum absolute atomic E-state index is 0.108. The third-order valence-corrected chi connectivity index (χ3v) is 4.43. The van der Waals surface area contributed by atoms with E-state index in [0.29, 0.717) is 24.1 Å². The number of benzene rings is 1.